The number of nitrogens with zero attached hydrogens (tertiary/aromatic N) is 1. The Labute approximate surface area is 195 Å². The van der Waals surface area contributed by atoms with E-state index in [1.54, 1.807) is 30.0 Å². The topological polar surface area (TPSA) is 97.0 Å². The lowest BCUT2D eigenvalue weighted by molar-refractivity contribution is -0.130. The number of hydrogen-bond acceptors (Lipinski definition) is 7. The second kappa shape index (κ2) is 7.50. The number of thioether (sulfide) groups is 1. The van der Waals surface area contributed by atoms with Crippen molar-refractivity contribution in [2.24, 2.45) is 11.8 Å². The first-order valence-electron chi connectivity index (χ1n) is 11.0. The quantitative estimate of drug-likeness (QED) is 0.668. The predicted molar refractivity (Wildman–Crippen MR) is 124 cm³/mol. The maximum absolute atomic E-state index is 13.9. The highest BCUT2D eigenvalue weighted by Gasteiger charge is 2.70. The molecule has 4 heterocycles. The Bertz CT molecular complexity index is 1190. The summed E-state index contributed by atoms with van der Waals surface area (Å²) in [4.78, 5) is 42.3. The van der Waals surface area contributed by atoms with Crippen LogP contribution in [0.25, 0.3) is 0 Å². The number of amides is 3. The Kier molecular flexibility index (Phi) is 4.67. The first-order valence-corrected chi connectivity index (χ1v) is 12.4. The van der Waals surface area contributed by atoms with Gasteiger partial charge in [0, 0.05) is 23.4 Å². The molecule has 4 aliphatic rings. The van der Waals surface area contributed by atoms with Crippen molar-refractivity contribution < 1.29 is 23.9 Å². The largest absolute Gasteiger partial charge is 0.486 e. The molecular weight excluding hydrogens is 442 g/mol. The molecule has 2 fully saturated rings. The van der Waals surface area contributed by atoms with E-state index in [0.717, 1.165) is 11.3 Å². The smallest absolute Gasteiger partial charge is 0.250 e. The van der Waals surface area contributed by atoms with Crippen LogP contribution < -0.4 is 25.0 Å². The van der Waals surface area contributed by atoms with Crippen molar-refractivity contribution in [1.82, 2.24) is 5.32 Å². The monoisotopic (exact) mass is 465 g/mol. The summed E-state index contributed by atoms with van der Waals surface area (Å²) in [7, 11) is 0. The van der Waals surface area contributed by atoms with Crippen molar-refractivity contribution in [2.45, 2.75) is 18.0 Å². The lowest BCUT2D eigenvalue weighted by Crippen LogP contribution is -2.53. The van der Waals surface area contributed by atoms with E-state index >= 15 is 0 Å². The minimum absolute atomic E-state index is 0.282. The minimum atomic E-state index is -1.26. The molecule has 0 bridgehead atoms. The summed E-state index contributed by atoms with van der Waals surface area (Å²) in [5.74, 6) is -0.483. The zero-order valence-electron chi connectivity index (χ0n) is 18.0. The fourth-order valence-electron chi connectivity index (χ4n) is 5.68. The van der Waals surface area contributed by atoms with Gasteiger partial charge in [-0.3, -0.25) is 19.7 Å². The van der Waals surface area contributed by atoms with Gasteiger partial charge in [0.15, 0.2) is 11.5 Å². The molecule has 9 heteroatoms. The van der Waals surface area contributed by atoms with Crippen molar-refractivity contribution in [3.05, 3.63) is 48.0 Å². The number of carbonyl (C=O) groups is 3. The van der Waals surface area contributed by atoms with Crippen LogP contribution in [0.1, 0.15) is 12.0 Å². The van der Waals surface area contributed by atoms with Gasteiger partial charge in [-0.05, 0) is 36.6 Å². The Morgan fingerprint density at radius 3 is 2.67 bits per heavy atom. The van der Waals surface area contributed by atoms with Gasteiger partial charge in [-0.2, -0.15) is 11.8 Å². The normalized spacial score (nSPS) is 29.4. The van der Waals surface area contributed by atoms with E-state index in [2.05, 4.69) is 10.6 Å². The van der Waals surface area contributed by atoms with E-state index in [0.29, 0.717) is 42.5 Å². The molecule has 0 aromatic heterocycles. The molecule has 0 unspecified atom stereocenters. The summed E-state index contributed by atoms with van der Waals surface area (Å²) in [5, 5.41) is 6.38. The van der Waals surface area contributed by atoms with Crippen molar-refractivity contribution in [2.75, 3.05) is 35.4 Å². The molecule has 4 atom stereocenters. The standard InChI is InChI=1S/C24H23N3O5S/c1-33-11-8-16-19-20(24(26-16)14-4-2-3-5-15(14)25-23(24)30)22(29)27(21(19)28)13-6-7-17-18(12-13)32-10-9-31-17/h2-7,12,16,19-20,26H,8-11H2,1H3,(H,25,30)/t16-,19-,20-,24+/m1/s1. The Hall–Kier alpha value is -3.04. The highest BCUT2D eigenvalue weighted by molar-refractivity contribution is 7.98. The molecule has 0 saturated carbocycles. The SMILES string of the molecule is CSCC[C@H]1N[C@]2(C(=O)Nc3ccccc32)[C@H]2C(=O)N(c3ccc4c(c3)OCCO4)C(=O)[C@H]12. The number of ether oxygens (including phenoxy) is 2. The van der Waals surface area contributed by atoms with E-state index in [4.69, 9.17) is 9.47 Å². The molecule has 33 heavy (non-hydrogen) atoms. The first kappa shape index (κ1) is 20.6. The average molecular weight is 466 g/mol. The molecule has 170 valence electrons. The van der Waals surface area contributed by atoms with Crippen LogP contribution in [0.5, 0.6) is 11.5 Å². The van der Waals surface area contributed by atoms with Gasteiger partial charge in [0.1, 0.15) is 18.8 Å². The van der Waals surface area contributed by atoms with Gasteiger partial charge in [0.2, 0.25) is 17.7 Å². The zero-order valence-corrected chi connectivity index (χ0v) is 18.8. The maximum Gasteiger partial charge on any atom is 0.250 e. The molecule has 0 aliphatic carbocycles. The fourth-order valence-corrected chi connectivity index (χ4v) is 6.17. The summed E-state index contributed by atoms with van der Waals surface area (Å²) in [5.41, 5.74) is 0.577. The maximum atomic E-state index is 13.9. The predicted octanol–water partition coefficient (Wildman–Crippen LogP) is 2.14. The van der Waals surface area contributed by atoms with Crippen LogP contribution in [0, 0.1) is 11.8 Å². The summed E-state index contributed by atoms with van der Waals surface area (Å²) >= 11 is 1.67. The van der Waals surface area contributed by atoms with E-state index in [-0.39, 0.29) is 23.8 Å². The highest BCUT2D eigenvalue weighted by Crippen LogP contribution is 2.54. The molecule has 2 N–H and O–H groups in total. The van der Waals surface area contributed by atoms with Crippen molar-refractivity contribution in [3.8, 4) is 11.5 Å². The number of imide groups is 1. The second-order valence-electron chi connectivity index (χ2n) is 8.68. The van der Waals surface area contributed by atoms with Crippen LogP contribution in [-0.4, -0.2) is 49.0 Å². The summed E-state index contributed by atoms with van der Waals surface area (Å²) in [6, 6.07) is 12.2. The molecule has 2 aromatic carbocycles. The third kappa shape index (κ3) is 2.78. The number of para-hydroxylation sites is 1. The molecule has 4 aliphatic heterocycles. The lowest BCUT2D eigenvalue weighted by Gasteiger charge is -2.29. The number of hydrogen-bond donors (Lipinski definition) is 2. The van der Waals surface area contributed by atoms with Crippen LogP contribution in [0.3, 0.4) is 0 Å². The number of fused-ring (bicyclic) bond motifs is 5. The van der Waals surface area contributed by atoms with E-state index < -0.39 is 17.4 Å². The van der Waals surface area contributed by atoms with Crippen LogP contribution in [-0.2, 0) is 19.9 Å². The van der Waals surface area contributed by atoms with E-state index in [9.17, 15) is 14.4 Å². The van der Waals surface area contributed by atoms with E-state index in [1.807, 2.05) is 30.5 Å². The van der Waals surface area contributed by atoms with Gasteiger partial charge in [-0.1, -0.05) is 18.2 Å². The van der Waals surface area contributed by atoms with Gasteiger partial charge in [-0.15, -0.1) is 0 Å². The Balaban J connectivity index is 1.46. The third-order valence-corrected chi connectivity index (χ3v) is 7.68. The van der Waals surface area contributed by atoms with Gasteiger partial charge in [-0.25, -0.2) is 4.90 Å². The van der Waals surface area contributed by atoms with Gasteiger partial charge in [0.25, 0.3) is 0 Å². The average Bonchev–Trinajstić information content (AvgIpc) is 3.42. The molecule has 0 radical (unpaired) electrons. The minimum Gasteiger partial charge on any atom is -0.486 e. The molecule has 6 rings (SSSR count). The Morgan fingerprint density at radius 1 is 1.06 bits per heavy atom. The van der Waals surface area contributed by atoms with Gasteiger partial charge in [0.05, 0.1) is 17.5 Å². The first-order chi connectivity index (χ1) is 16.1. The zero-order chi connectivity index (χ0) is 22.7. The third-order valence-electron chi connectivity index (χ3n) is 7.04. The number of anilines is 2. The molecule has 2 saturated heterocycles. The van der Waals surface area contributed by atoms with Gasteiger partial charge >= 0.3 is 0 Å². The van der Waals surface area contributed by atoms with E-state index in [1.165, 1.54) is 4.90 Å². The highest BCUT2D eigenvalue weighted by atomic mass is 32.2. The van der Waals surface area contributed by atoms with Crippen molar-refractivity contribution in [3.63, 3.8) is 0 Å². The molecular formula is C24H23N3O5S. The number of nitrogens with one attached hydrogen (secondary N) is 2. The van der Waals surface area contributed by atoms with Crippen LogP contribution in [0.4, 0.5) is 11.4 Å². The molecule has 3 amide bonds. The molecule has 1 spiro atoms. The van der Waals surface area contributed by atoms with Crippen LogP contribution >= 0.6 is 11.8 Å². The van der Waals surface area contributed by atoms with Gasteiger partial charge < -0.3 is 14.8 Å². The summed E-state index contributed by atoms with van der Waals surface area (Å²) < 4.78 is 11.2. The fraction of sp³-hybridized carbons (Fsp3) is 0.375. The molecule has 8 nitrogen and oxygen atoms in total. The lowest BCUT2D eigenvalue weighted by atomic mass is 9.76. The van der Waals surface area contributed by atoms with Crippen LogP contribution in [0.2, 0.25) is 0 Å². The second-order valence-corrected chi connectivity index (χ2v) is 9.67. The number of benzene rings is 2. The van der Waals surface area contributed by atoms with Crippen LogP contribution in [0.15, 0.2) is 42.5 Å². The molecule has 2 aromatic rings. The summed E-state index contributed by atoms with van der Waals surface area (Å²) in [6.45, 7) is 0.863. The van der Waals surface area contributed by atoms with Crippen molar-refractivity contribution in [1.29, 1.82) is 0 Å². The summed E-state index contributed by atoms with van der Waals surface area (Å²) in [6.07, 6.45) is 2.68. The van der Waals surface area contributed by atoms with Crippen molar-refractivity contribution >= 4 is 40.9 Å². The Morgan fingerprint density at radius 2 is 1.85 bits per heavy atom. The number of carbonyl (C=O) groups excluding carboxylic acids is 3. The number of rotatable bonds is 4.